The van der Waals surface area contributed by atoms with Gasteiger partial charge in [0.2, 0.25) is 0 Å². The minimum atomic E-state index is 0.934. The topological polar surface area (TPSA) is 0 Å². The van der Waals surface area contributed by atoms with Gasteiger partial charge in [-0.05, 0) is 46.5 Å². The molecule has 0 aliphatic carbocycles. The Morgan fingerprint density at radius 3 is 2.93 bits per heavy atom. The summed E-state index contributed by atoms with van der Waals surface area (Å²) in [6.07, 6.45) is 2.14. The maximum atomic E-state index is 3.49. The van der Waals surface area contributed by atoms with Crippen molar-refractivity contribution in [3.8, 4) is 0 Å². The van der Waals surface area contributed by atoms with Crippen molar-refractivity contribution in [3.63, 3.8) is 0 Å². The Morgan fingerprint density at radius 2 is 2.29 bits per heavy atom. The maximum absolute atomic E-state index is 3.49. The normalized spacial score (nSPS) is 11.1. The highest BCUT2D eigenvalue weighted by Crippen LogP contribution is 2.38. The molecule has 0 atom stereocenters. The molecule has 4 heteroatoms. The van der Waals surface area contributed by atoms with Crippen molar-refractivity contribution < 1.29 is 0 Å². The largest absolute Gasteiger partial charge is 0.128 e. The molecule has 2 aromatic rings. The predicted molar refractivity (Wildman–Crippen MR) is 79.0 cm³/mol. The van der Waals surface area contributed by atoms with E-state index in [1.54, 1.807) is 0 Å². The zero-order valence-electron chi connectivity index (χ0n) is 7.51. The van der Waals surface area contributed by atoms with Crippen LogP contribution in [-0.4, -0.2) is 6.26 Å². The predicted octanol–water partition coefficient (Wildman–Crippen LogP) is 5.12. The Balaban J connectivity index is 2.71. The number of halogens is 2. The van der Waals surface area contributed by atoms with E-state index in [0.717, 1.165) is 5.33 Å². The third-order valence-corrected chi connectivity index (χ3v) is 6.16. The van der Waals surface area contributed by atoms with E-state index in [2.05, 4.69) is 63.0 Å². The molecule has 0 bridgehead atoms. The Labute approximate surface area is 114 Å². The van der Waals surface area contributed by atoms with Crippen LogP contribution in [0, 0.1) is 2.88 Å². The van der Waals surface area contributed by atoms with Crippen LogP contribution in [0.25, 0.3) is 10.1 Å². The van der Waals surface area contributed by atoms with E-state index < -0.39 is 0 Å². The number of benzene rings is 1. The molecule has 1 aromatic heterocycles. The van der Waals surface area contributed by atoms with Gasteiger partial charge in [-0.2, -0.15) is 0 Å². The van der Waals surface area contributed by atoms with E-state index in [0.29, 0.717) is 0 Å². The van der Waals surface area contributed by atoms with Crippen LogP contribution >= 0.6 is 61.6 Å². The van der Waals surface area contributed by atoms with Crippen LogP contribution in [0.5, 0.6) is 0 Å². The summed E-state index contributed by atoms with van der Waals surface area (Å²) in [5.74, 6) is 0. The van der Waals surface area contributed by atoms with Gasteiger partial charge in [0.25, 0.3) is 0 Å². The van der Waals surface area contributed by atoms with Gasteiger partial charge in [-0.3, -0.25) is 0 Å². The van der Waals surface area contributed by atoms with Crippen LogP contribution in [-0.2, 0) is 5.33 Å². The van der Waals surface area contributed by atoms with E-state index in [-0.39, 0.29) is 0 Å². The van der Waals surface area contributed by atoms with Gasteiger partial charge in [-0.25, -0.2) is 0 Å². The van der Waals surface area contributed by atoms with E-state index >= 15 is 0 Å². The first-order chi connectivity index (χ1) is 6.76. The number of fused-ring (bicyclic) bond motifs is 1. The van der Waals surface area contributed by atoms with Crippen LogP contribution in [0.1, 0.15) is 5.56 Å². The molecule has 0 unspecified atom stereocenters. The number of rotatable bonds is 2. The van der Waals surface area contributed by atoms with Gasteiger partial charge < -0.3 is 0 Å². The standard InChI is InChI=1S/C10H8BrIS2/c1-13-9-7-4-6(5-11)2-3-8(7)14-10(9)12/h2-4H,5H2,1H3. The molecular weight excluding hydrogens is 391 g/mol. The van der Waals surface area contributed by atoms with Gasteiger partial charge in [0, 0.05) is 20.3 Å². The smallest absolute Gasteiger partial charge is 0.0801 e. The summed E-state index contributed by atoms with van der Waals surface area (Å²) in [5.41, 5.74) is 1.35. The van der Waals surface area contributed by atoms with E-state index in [9.17, 15) is 0 Å². The average molecular weight is 399 g/mol. The molecule has 0 aliphatic heterocycles. The summed E-state index contributed by atoms with van der Waals surface area (Å²) in [4.78, 5) is 1.42. The van der Waals surface area contributed by atoms with Crippen LogP contribution in [0.2, 0.25) is 0 Å². The maximum Gasteiger partial charge on any atom is 0.0801 e. The molecule has 0 nitrogen and oxygen atoms in total. The summed E-state index contributed by atoms with van der Waals surface area (Å²) in [7, 11) is 0. The van der Waals surface area contributed by atoms with Gasteiger partial charge >= 0.3 is 0 Å². The van der Waals surface area contributed by atoms with Crippen molar-refractivity contribution in [3.05, 3.63) is 26.6 Å². The molecule has 0 saturated heterocycles. The molecular formula is C10H8BrIS2. The van der Waals surface area contributed by atoms with Gasteiger partial charge in [-0.1, -0.05) is 22.0 Å². The van der Waals surface area contributed by atoms with Gasteiger partial charge in [0.1, 0.15) is 0 Å². The molecule has 0 N–H and O–H groups in total. The van der Waals surface area contributed by atoms with Crippen molar-refractivity contribution in [2.75, 3.05) is 6.26 Å². The summed E-state index contributed by atoms with van der Waals surface area (Å²) >= 11 is 9.63. The molecule has 0 fully saturated rings. The monoisotopic (exact) mass is 398 g/mol. The van der Waals surface area contributed by atoms with E-state index in [1.807, 2.05) is 23.1 Å². The third-order valence-electron chi connectivity index (χ3n) is 2.03. The summed E-state index contributed by atoms with van der Waals surface area (Å²) in [5, 5.41) is 2.34. The minimum Gasteiger partial charge on any atom is -0.128 e. The number of thiophene rings is 1. The summed E-state index contributed by atoms with van der Waals surface area (Å²) in [6, 6.07) is 6.70. The molecule has 2 rings (SSSR count). The van der Waals surface area contributed by atoms with Gasteiger partial charge in [0.05, 0.1) is 2.88 Å². The first kappa shape index (κ1) is 11.2. The molecule has 0 amide bonds. The minimum absolute atomic E-state index is 0.934. The third kappa shape index (κ3) is 1.99. The highest BCUT2D eigenvalue weighted by atomic mass is 127. The van der Waals surface area contributed by atoms with Gasteiger partial charge in [-0.15, -0.1) is 23.1 Å². The van der Waals surface area contributed by atoms with Crippen molar-refractivity contribution in [2.24, 2.45) is 0 Å². The van der Waals surface area contributed by atoms with Crippen molar-refractivity contribution in [2.45, 2.75) is 10.2 Å². The molecule has 1 aromatic carbocycles. The number of thioether (sulfide) groups is 1. The highest BCUT2D eigenvalue weighted by Gasteiger charge is 2.09. The Kier molecular flexibility index (Phi) is 3.79. The quantitative estimate of drug-likeness (QED) is 0.384. The summed E-state index contributed by atoms with van der Waals surface area (Å²) < 4.78 is 2.79. The number of hydrogen-bond acceptors (Lipinski definition) is 2. The van der Waals surface area contributed by atoms with Crippen LogP contribution in [0.15, 0.2) is 23.1 Å². The van der Waals surface area contributed by atoms with Crippen molar-refractivity contribution >= 4 is 71.7 Å². The second-order valence-corrected chi connectivity index (χ2v) is 7.11. The second-order valence-electron chi connectivity index (χ2n) is 2.87. The fraction of sp³-hybridized carbons (Fsp3) is 0.200. The van der Waals surface area contributed by atoms with Crippen molar-refractivity contribution in [1.29, 1.82) is 0 Å². The molecule has 0 saturated carbocycles. The van der Waals surface area contributed by atoms with E-state index in [4.69, 9.17) is 0 Å². The van der Waals surface area contributed by atoms with Crippen LogP contribution < -0.4 is 0 Å². The summed E-state index contributed by atoms with van der Waals surface area (Å²) in [6.45, 7) is 0. The van der Waals surface area contributed by atoms with Gasteiger partial charge in [0.15, 0.2) is 0 Å². The fourth-order valence-electron chi connectivity index (χ4n) is 1.37. The van der Waals surface area contributed by atoms with E-state index in [1.165, 1.54) is 23.4 Å². The number of hydrogen-bond donors (Lipinski definition) is 0. The second kappa shape index (κ2) is 4.72. The Bertz CT molecular complexity index is 464. The molecule has 0 spiro atoms. The molecule has 1 heterocycles. The van der Waals surface area contributed by atoms with Crippen LogP contribution in [0.4, 0.5) is 0 Å². The average Bonchev–Trinajstić information content (AvgIpc) is 2.52. The highest BCUT2D eigenvalue weighted by molar-refractivity contribution is 14.1. The molecule has 0 radical (unpaired) electrons. The zero-order valence-corrected chi connectivity index (χ0v) is 12.9. The van der Waals surface area contributed by atoms with Crippen LogP contribution in [0.3, 0.4) is 0 Å². The lowest BCUT2D eigenvalue weighted by atomic mass is 10.2. The lowest BCUT2D eigenvalue weighted by Gasteiger charge is -1.97. The Hall–Kier alpha value is 0.740. The first-order valence-electron chi connectivity index (χ1n) is 4.07. The lowest BCUT2D eigenvalue weighted by molar-refractivity contribution is 1.46. The molecule has 74 valence electrons. The Morgan fingerprint density at radius 1 is 1.50 bits per heavy atom. The molecule has 0 aliphatic rings. The zero-order chi connectivity index (χ0) is 10.1. The lowest BCUT2D eigenvalue weighted by Crippen LogP contribution is -1.76. The first-order valence-corrected chi connectivity index (χ1v) is 8.31. The van der Waals surface area contributed by atoms with Crippen molar-refractivity contribution in [1.82, 2.24) is 0 Å². The molecule has 14 heavy (non-hydrogen) atoms. The fourth-order valence-corrected chi connectivity index (χ4v) is 5.17. The number of alkyl halides is 1. The SMILES string of the molecule is CSc1c(I)sc2ccc(CBr)cc12.